The van der Waals surface area contributed by atoms with Crippen molar-refractivity contribution in [3.63, 3.8) is 0 Å². The van der Waals surface area contributed by atoms with Gasteiger partial charge in [0.15, 0.2) is 5.82 Å². The van der Waals surface area contributed by atoms with E-state index >= 15 is 0 Å². The topological polar surface area (TPSA) is 53.7 Å². The van der Waals surface area contributed by atoms with Gasteiger partial charge in [-0.05, 0) is 24.5 Å². The predicted molar refractivity (Wildman–Crippen MR) is 85.8 cm³/mol. The van der Waals surface area contributed by atoms with Gasteiger partial charge in [-0.25, -0.2) is 9.50 Å². The molecule has 6 nitrogen and oxygen atoms in total. The minimum Gasteiger partial charge on any atom is -0.353 e. The minimum atomic E-state index is 0.237. The van der Waals surface area contributed by atoms with Crippen molar-refractivity contribution in [3.8, 4) is 0 Å². The number of amides is 1. The number of piperidine rings is 1. The molecule has 6 heteroatoms. The normalized spacial score (nSPS) is 22.0. The highest BCUT2D eigenvalue weighted by Gasteiger charge is 2.32. The molecule has 0 spiro atoms. The second-order valence-electron chi connectivity index (χ2n) is 6.06. The Hall–Kier alpha value is -2.11. The van der Waals surface area contributed by atoms with Crippen LogP contribution in [0.15, 0.2) is 24.7 Å². The lowest BCUT2D eigenvalue weighted by Crippen LogP contribution is -2.52. The van der Waals surface area contributed by atoms with Crippen LogP contribution in [0, 0.1) is 5.92 Å². The molecule has 3 heterocycles. The molecule has 1 amide bonds. The summed E-state index contributed by atoms with van der Waals surface area (Å²) in [5, 5.41) is 4.22. The molecule has 0 aromatic carbocycles. The van der Waals surface area contributed by atoms with E-state index in [1.54, 1.807) is 6.33 Å². The highest BCUT2D eigenvalue weighted by atomic mass is 16.2. The molecule has 0 saturated carbocycles. The van der Waals surface area contributed by atoms with E-state index in [1.807, 2.05) is 34.7 Å². The Bertz CT molecular complexity index is 667. The second kappa shape index (κ2) is 5.94. The standard InChI is InChI=1S/C16H23N5O/c1-4-15(22)20-9-7-12(2)14(10-20)19(3)16-13-6-5-8-21(13)18-11-17-16/h5-6,8,11-12,14H,4,7,9-10H2,1-3H3/t12-,14+/m1/s1. The Kier molecular flexibility index (Phi) is 4.00. The summed E-state index contributed by atoms with van der Waals surface area (Å²) in [6, 6.07) is 4.27. The van der Waals surface area contributed by atoms with Crippen molar-refractivity contribution in [1.29, 1.82) is 0 Å². The van der Waals surface area contributed by atoms with Crippen LogP contribution in [0.2, 0.25) is 0 Å². The van der Waals surface area contributed by atoms with E-state index in [0.29, 0.717) is 12.3 Å². The largest absolute Gasteiger partial charge is 0.353 e. The van der Waals surface area contributed by atoms with Crippen molar-refractivity contribution in [1.82, 2.24) is 19.5 Å². The lowest BCUT2D eigenvalue weighted by atomic mass is 9.92. The molecule has 118 valence electrons. The van der Waals surface area contributed by atoms with Gasteiger partial charge >= 0.3 is 0 Å². The van der Waals surface area contributed by atoms with Gasteiger partial charge in [0.25, 0.3) is 0 Å². The van der Waals surface area contributed by atoms with Gasteiger partial charge in [-0.1, -0.05) is 13.8 Å². The van der Waals surface area contributed by atoms with E-state index in [4.69, 9.17) is 0 Å². The van der Waals surface area contributed by atoms with Gasteiger partial charge < -0.3 is 9.80 Å². The van der Waals surface area contributed by atoms with E-state index in [1.165, 1.54) is 0 Å². The number of rotatable bonds is 3. The zero-order valence-electron chi connectivity index (χ0n) is 13.4. The van der Waals surface area contributed by atoms with Crippen molar-refractivity contribution in [3.05, 3.63) is 24.7 Å². The molecule has 2 aromatic heterocycles. The van der Waals surface area contributed by atoms with Crippen molar-refractivity contribution < 1.29 is 4.79 Å². The van der Waals surface area contributed by atoms with Crippen LogP contribution in [0.4, 0.5) is 5.82 Å². The number of aromatic nitrogens is 3. The van der Waals surface area contributed by atoms with Gasteiger partial charge in [0.2, 0.25) is 5.91 Å². The molecule has 0 N–H and O–H groups in total. The number of likely N-dealkylation sites (tertiary alicyclic amines) is 1. The van der Waals surface area contributed by atoms with Gasteiger partial charge in [-0.3, -0.25) is 4.79 Å². The third-order valence-electron chi connectivity index (χ3n) is 4.72. The summed E-state index contributed by atoms with van der Waals surface area (Å²) in [5.74, 6) is 1.68. The van der Waals surface area contributed by atoms with E-state index in [2.05, 4.69) is 29.0 Å². The number of likely N-dealkylation sites (N-methyl/N-ethyl adjacent to an activating group) is 1. The van der Waals surface area contributed by atoms with Gasteiger partial charge in [0, 0.05) is 32.8 Å². The Balaban J connectivity index is 1.88. The zero-order chi connectivity index (χ0) is 15.7. The van der Waals surface area contributed by atoms with Crippen molar-refractivity contribution in [2.45, 2.75) is 32.7 Å². The van der Waals surface area contributed by atoms with Crippen molar-refractivity contribution >= 4 is 17.2 Å². The third kappa shape index (κ3) is 2.53. The van der Waals surface area contributed by atoms with Gasteiger partial charge in [0.05, 0.1) is 6.04 Å². The number of carbonyl (C=O) groups is 1. The molecule has 1 aliphatic rings. The maximum atomic E-state index is 12.0. The summed E-state index contributed by atoms with van der Waals surface area (Å²) in [4.78, 5) is 20.7. The molecule has 2 aromatic rings. The van der Waals surface area contributed by atoms with Gasteiger partial charge in [0.1, 0.15) is 11.8 Å². The summed E-state index contributed by atoms with van der Waals surface area (Å²) in [7, 11) is 2.07. The SMILES string of the molecule is CCC(=O)N1CC[C@@H](C)[C@@H](N(C)c2ncnn3cccc23)C1. The number of fused-ring (bicyclic) bond motifs is 1. The zero-order valence-corrected chi connectivity index (χ0v) is 13.4. The van der Waals surface area contributed by atoms with Crippen LogP contribution in [-0.2, 0) is 4.79 Å². The number of anilines is 1. The van der Waals surface area contributed by atoms with E-state index in [-0.39, 0.29) is 11.9 Å². The van der Waals surface area contributed by atoms with Crippen LogP contribution >= 0.6 is 0 Å². The highest BCUT2D eigenvalue weighted by molar-refractivity contribution is 5.76. The first-order valence-electron chi connectivity index (χ1n) is 7.90. The maximum absolute atomic E-state index is 12.0. The van der Waals surface area contributed by atoms with Crippen LogP contribution in [0.3, 0.4) is 0 Å². The Labute approximate surface area is 130 Å². The fourth-order valence-electron chi connectivity index (χ4n) is 3.28. The average Bonchev–Trinajstić information content (AvgIpc) is 3.02. The van der Waals surface area contributed by atoms with Crippen molar-refractivity contribution in [2.75, 3.05) is 25.0 Å². The molecular weight excluding hydrogens is 278 g/mol. The molecule has 0 unspecified atom stereocenters. The third-order valence-corrected chi connectivity index (χ3v) is 4.72. The quantitative estimate of drug-likeness (QED) is 0.867. The molecule has 0 bridgehead atoms. The average molecular weight is 301 g/mol. The summed E-state index contributed by atoms with van der Waals surface area (Å²) in [6.45, 7) is 5.81. The highest BCUT2D eigenvalue weighted by Crippen LogP contribution is 2.27. The van der Waals surface area contributed by atoms with Crippen LogP contribution in [0.5, 0.6) is 0 Å². The molecule has 0 aliphatic carbocycles. The van der Waals surface area contributed by atoms with E-state index < -0.39 is 0 Å². The van der Waals surface area contributed by atoms with Crippen LogP contribution < -0.4 is 4.90 Å². The second-order valence-corrected chi connectivity index (χ2v) is 6.06. The number of nitrogens with zero attached hydrogens (tertiary/aromatic N) is 5. The Morgan fingerprint density at radius 1 is 1.50 bits per heavy atom. The van der Waals surface area contributed by atoms with E-state index in [9.17, 15) is 4.79 Å². The summed E-state index contributed by atoms with van der Waals surface area (Å²) >= 11 is 0. The van der Waals surface area contributed by atoms with Crippen LogP contribution in [0.1, 0.15) is 26.7 Å². The Morgan fingerprint density at radius 3 is 3.09 bits per heavy atom. The fraction of sp³-hybridized carbons (Fsp3) is 0.562. The predicted octanol–water partition coefficient (Wildman–Crippen LogP) is 1.81. The monoisotopic (exact) mass is 301 g/mol. The first-order valence-corrected chi connectivity index (χ1v) is 7.90. The smallest absolute Gasteiger partial charge is 0.222 e. The van der Waals surface area contributed by atoms with Crippen LogP contribution in [0.25, 0.3) is 5.52 Å². The minimum absolute atomic E-state index is 0.237. The number of carbonyl (C=O) groups excluding carboxylic acids is 1. The fourth-order valence-corrected chi connectivity index (χ4v) is 3.28. The maximum Gasteiger partial charge on any atom is 0.222 e. The molecule has 22 heavy (non-hydrogen) atoms. The molecule has 3 rings (SSSR count). The van der Waals surface area contributed by atoms with Gasteiger partial charge in [-0.15, -0.1) is 0 Å². The number of hydrogen-bond acceptors (Lipinski definition) is 4. The molecule has 1 fully saturated rings. The van der Waals surface area contributed by atoms with E-state index in [0.717, 1.165) is 30.8 Å². The molecule has 1 saturated heterocycles. The first kappa shape index (κ1) is 14.8. The number of hydrogen-bond donors (Lipinski definition) is 0. The lowest BCUT2D eigenvalue weighted by Gasteiger charge is -2.42. The summed E-state index contributed by atoms with van der Waals surface area (Å²) < 4.78 is 1.83. The summed E-state index contributed by atoms with van der Waals surface area (Å²) in [6.07, 6.45) is 5.11. The lowest BCUT2D eigenvalue weighted by molar-refractivity contribution is -0.132. The van der Waals surface area contributed by atoms with Crippen molar-refractivity contribution in [2.24, 2.45) is 5.92 Å². The Morgan fingerprint density at radius 2 is 2.32 bits per heavy atom. The molecular formula is C16H23N5O. The summed E-state index contributed by atoms with van der Waals surface area (Å²) in [5.41, 5.74) is 0.996. The van der Waals surface area contributed by atoms with Gasteiger partial charge in [-0.2, -0.15) is 5.10 Å². The molecule has 0 radical (unpaired) electrons. The molecule has 2 atom stereocenters. The van der Waals surface area contributed by atoms with Crippen LogP contribution in [-0.4, -0.2) is 51.6 Å². The molecule has 1 aliphatic heterocycles. The first-order chi connectivity index (χ1) is 10.6.